The molecule has 1 aromatic rings. The summed E-state index contributed by atoms with van der Waals surface area (Å²) in [7, 11) is 1.70. The standard InChI is InChI=1S/C10H18N4O/c1-4-8-10-13-12-9(7(2)15-3)14(10)6-5-11-8/h7-8,11H,4-6H2,1-3H3. The lowest BCUT2D eigenvalue weighted by Crippen LogP contribution is -2.34. The molecule has 0 aromatic carbocycles. The van der Waals surface area contributed by atoms with Crippen LogP contribution in [0.3, 0.4) is 0 Å². The van der Waals surface area contributed by atoms with E-state index in [2.05, 4.69) is 27.0 Å². The quantitative estimate of drug-likeness (QED) is 0.810. The molecule has 0 fully saturated rings. The lowest BCUT2D eigenvalue weighted by Gasteiger charge is -2.24. The number of hydrogen-bond donors (Lipinski definition) is 1. The molecule has 0 saturated heterocycles. The predicted octanol–water partition coefficient (Wildman–Crippen LogP) is 1.04. The van der Waals surface area contributed by atoms with Crippen molar-refractivity contribution in [3.63, 3.8) is 0 Å². The number of methoxy groups -OCH3 is 1. The van der Waals surface area contributed by atoms with Gasteiger partial charge in [0.05, 0.1) is 6.04 Å². The van der Waals surface area contributed by atoms with Crippen LogP contribution in [-0.4, -0.2) is 28.4 Å². The van der Waals surface area contributed by atoms with Crippen molar-refractivity contribution < 1.29 is 4.74 Å². The van der Waals surface area contributed by atoms with Crippen molar-refractivity contribution in [1.29, 1.82) is 0 Å². The maximum absolute atomic E-state index is 5.29. The van der Waals surface area contributed by atoms with Crippen LogP contribution >= 0.6 is 0 Å². The molecule has 0 aliphatic carbocycles. The molecular formula is C10H18N4O. The highest BCUT2D eigenvalue weighted by Crippen LogP contribution is 2.22. The van der Waals surface area contributed by atoms with Gasteiger partial charge in [0.1, 0.15) is 11.9 Å². The summed E-state index contributed by atoms with van der Waals surface area (Å²) in [6, 6.07) is 0.337. The lowest BCUT2D eigenvalue weighted by atomic mass is 10.2. The second-order valence-electron chi connectivity index (χ2n) is 3.86. The van der Waals surface area contributed by atoms with Crippen LogP contribution < -0.4 is 5.32 Å². The van der Waals surface area contributed by atoms with E-state index in [4.69, 9.17) is 4.74 Å². The highest BCUT2D eigenvalue weighted by Gasteiger charge is 2.25. The number of rotatable bonds is 3. The van der Waals surface area contributed by atoms with Crippen LogP contribution in [0.5, 0.6) is 0 Å². The molecule has 0 saturated carbocycles. The molecule has 0 amide bonds. The van der Waals surface area contributed by atoms with Crippen molar-refractivity contribution >= 4 is 0 Å². The van der Waals surface area contributed by atoms with E-state index in [0.717, 1.165) is 31.2 Å². The van der Waals surface area contributed by atoms with E-state index < -0.39 is 0 Å². The van der Waals surface area contributed by atoms with Gasteiger partial charge in [-0.1, -0.05) is 6.92 Å². The van der Waals surface area contributed by atoms with Gasteiger partial charge in [0.15, 0.2) is 5.82 Å². The number of ether oxygens (including phenoxy) is 1. The van der Waals surface area contributed by atoms with Gasteiger partial charge >= 0.3 is 0 Å². The first-order valence-electron chi connectivity index (χ1n) is 5.47. The minimum Gasteiger partial charge on any atom is -0.374 e. The summed E-state index contributed by atoms with van der Waals surface area (Å²) in [6.45, 7) is 6.07. The number of fused-ring (bicyclic) bond motifs is 1. The number of nitrogens with one attached hydrogen (secondary N) is 1. The Morgan fingerprint density at radius 1 is 1.60 bits per heavy atom. The average Bonchev–Trinajstić information content (AvgIpc) is 2.71. The summed E-state index contributed by atoms with van der Waals surface area (Å²) in [5, 5.41) is 11.9. The first-order chi connectivity index (χ1) is 7.27. The predicted molar refractivity (Wildman–Crippen MR) is 56.5 cm³/mol. The molecule has 0 spiro atoms. The smallest absolute Gasteiger partial charge is 0.162 e. The van der Waals surface area contributed by atoms with Crippen molar-refractivity contribution in [3.05, 3.63) is 11.6 Å². The minimum atomic E-state index is 0.0156. The Balaban J connectivity index is 2.33. The Labute approximate surface area is 89.8 Å². The van der Waals surface area contributed by atoms with E-state index >= 15 is 0 Å². The van der Waals surface area contributed by atoms with Crippen LogP contribution in [0.25, 0.3) is 0 Å². The zero-order valence-electron chi connectivity index (χ0n) is 9.53. The number of aromatic nitrogens is 3. The normalized spacial score (nSPS) is 22.5. The van der Waals surface area contributed by atoms with Crippen molar-refractivity contribution in [2.24, 2.45) is 0 Å². The third kappa shape index (κ3) is 1.77. The fraction of sp³-hybridized carbons (Fsp3) is 0.800. The Hall–Kier alpha value is -0.940. The molecule has 15 heavy (non-hydrogen) atoms. The highest BCUT2D eigenvalue weighted by molar-refractivity contribution is 5.05. The SMILES string of the molecule is CCC1NCCn2c1nnc2C(C)OC. The summed E-state index contributed by atoms with van der Waals surface area (Å²) in [4.78, 5) is 0. The lowest BCUT2D eigenvalue weighted by molar-refractivity contribution is 0.107. The maximum Gasteiger partial charge on any atom is 0.162 e. The van der Waals surface area contributed by atoms with Crippen LogP contribution in [0, 0.1) is 0 Å². The molecule has 2 unspecified atom stereocenters. The van der Waals surface area contributed by atoms with Gasteiger partial charge in [0.2, 0.25) is 0 Å². The molecular weight excluding hydrogens is 192 g/mol. The molecule has 1 N–H and O–H groups in total. The van der Waals surface area contributed by atoms with Crippen LogP contribution in [-0.2, 0) is 11.3 Å². The Morgan fingerprint density at radius 3 is 3.07 bits per heavy atom. The van der Waals surface area contributed by atoms with E-state index in [1.807, 2.05) is 6.92 Å². The van der Waals surface area contributed by atoms with E-state index in [0.29, 0.717) is 6.04 Å². The van der Waals surface area contributed by atoms with Crippen LogP contribution in [0.2, 0.25) is 0 Å². The van der Waals surface area contributed by atoms with Gasteiger partial charge in [-0.3, -0.25) is 0 Å². The van der Waals surface area contributed by atoms with Crippen molar-refractivity contribution in [2.75, 3.05) is 13.7 Å². The van der Waals surface area contributed by atoms with Gasteiger partial charge in [-0.15, -0.1) is 10.2 Å². The molecule has 5 nitrogen and oxygen atoms in total. The molecule has 0 bridgehead atoms. The second-order valence-corrected chi connectivity index (χ2v) is 3.86. The van der Waals surface area contributed by atoms with E-state index in [9.17, 15) is 0 Å². The topological polar surface area (TPSA) is 52.0 Å². The van der Waals surface area contributed by atoms with Gasteiger partial charge in [-0.2, -0.15) is 0 Å². The molecule has 1 aliphatic rings. The van der Waals surface area contributed by atoms with Crippen LogP contribution in [0.15, 0.2) is 0 Å². The summed E-state index contributed by atoms with van der Waals surface area (Å²) >= 11 is 0. The van der Waals surface area contributed by atoms with E-state index in [1.165, 1.54) is 0 Å². The molecule has 84 valence electrons. The zero-order chi connectivity index (χ0) is 10.8. The zero-order valence-corrected chi connectivity index (χ0v) is 9.53. The summed E-state index contributed by atoms with van der Waals surface area (Å²) in [5.74, 6) is 1.98. The van der Waals surface area contributed by atoms with E-state index in [1.54, 1.807) is 7.11 Å². The van der Waals surface area contributed by atoms with Crippen molar-refractivity contribution in [2.45, 2.75) is 39.0 Å². The van der Waals surface area contributed by atoms with Crippen molar-refractivity contribution in [3.8, 4) is 0 Å². The average molecular weight is 210 g/mol. The molecule has 2 atom stereocenters. The molecule has 5 heteroatoms. The Bertz CT molecular complexity index is 323. The van der Waals surface area contributed by atoms with Crippen LogP contribution in [0.1, 0.15) is 44.1 Å². The molecule has 1 aromatic heterocycles. The maximum atomic E-state index is 5.29. The first-order valence-corrected chi connectivity index (χ1v) is 5.47. The molecule has 0 radical (unpaired) electrons. The second kappa shape index (κ2) is 4.28. The minimum absolute atomic E-state index is 0.0156. The van der Waals surface area contributed by atoms with Crippen LogP contribution in [0.4, 0.5) is 0 Å². The largest absolute Gasteiger partial charge is 0.374 e. The molecule has 2 rings (SSSR count). The summed E-state index contributed by atoms with van der Waals surface area (Å²) < 4.78 is 7.47. The monoisotopic (exact) mass is 210 g/mol. The number of hydrogen-bond acceptors (Lipinski definition) is 4. The third-order valence-corrected chi connectivity index (χ3v) is 2.97. The Morgan fingerprint density at radius 2 is 2.40 bits per heavy atom. The number of nitrogens with zero attached hydrogens (tertiary/aromatic N) is 3. The third-order valence-electron chi connectivity index (χ3n) is 2.97. The fourth-order valence-electron chi connectivity index (χ4n) is 1.99. The Kier molecular flexibility index (Phi) is 3.02. The van der Waals surface area contributed by atoms with Crippen molar-refractivity contribution in [1.82, 2.24) is 20.1 Å². The van der Waals surface area contributed by atoms with E-state index in [-0.39, 0.29) is 6.10 Å². The van der Waals surface area contributed by atoms with Gasteiger partial charge < -0.3 is 14.6 Å². The summed E-state index contributed by atoms with van der Waals surface area (Å²) in [6.07, 6.45) is 1.06. The van der Waals surface area contributed by atoms with Gasteiger partial charge in [0.25, 0.3) is 0 Å². The van der Waals surface area contributed by atoms with Gasteiger partial charge in [-0.25, -0.2) is 0 Å². The fourth-order valence-corrected chi connectivity index (χ4v) is 1.99. The highest BCUT2D eigenvalue weighted by atomic mass is 16.5. The molecule has 1 aliphatic heterocycles. The van der Waals surface area contributed by atoms with Gasteiger partial charge in [-0.05, 0) is 13.3 Å². The van der Waals surface area contributed by atoms with Gasteiger partial charge in [0, 0.05) is 20.2 Å². The molecule has 2 heterocycles. The summed E-state index contributed by atoms with van der Waals surface area (Å²) in [5.41, 5.74) is 0. The first kappa shape index (κ1) is 10.6.